The fourth-order valence-electron chi connectivity index (χ4n) is 3.79. The molecular formula is C22H29N5O2. The van der Waals surface area contributed by atoms with Crippen molar-refractivity contribution < 1.29 is 9.53 Å². The Morgan fingerprint density at radius 2 is 1.62 bits per heavy atom. The van der Waals surface area contributed by atoms with Crippen molar-refractivity contribution in [2.75, 3.05) is 69.2 Å². The highest BCUT2D eigenvalue weighted by atomic mass is 16.5. The van der Waals surface area contributed by atoms with Gasteiger partial charge in [0.15, 0.2) is 0 Å². The van der Waals surface area contributed by atoms with Crippen LogP contribution in [-0.4, -0.2) is 79.8 Å². The van der Waals surface area contributed by atoms with Crippen LogP contribution in [0.25, 0.3) is 0 Å². The third-order valence-electron chi connectivity index (χ3n) is 5.62. The van der Waals surface area contributed by atoms with Gasteiger partial charge in [0.05, 0.1) is 13.2 Å². The van der Waals surface area contributed by atoms with E-state index in [-0.39, 0.29) is 6.03 Å². The number of carbonyl (C=O) groups is 1. The molecule has 0 bridgehead atoms. The normalized spacial score (nSPS) is 17.9. The van der Waals surface area contributed by atoms with E-state index in [0.717, 1.165) is 63.7 Å². The summed E-state index contributed by atoms with van der Waals surface area (Å²) in [6.45, 7) is 7.85. The molecular weight excluding hydrogens is 366 g/mol. The smallest absolute Gasteiger partial charge is 0.321 e. The van der Waals surface area contributed by atoms with Crippen LogP contribution < -0.4 is 10.2 Å². The van der Waals surface area contributed by atoms with E-state index in [9.17, 15) is 4.79 Å². The Morgan fingerprint density at radius 1 is 0.931 bits per heavy atom. The lowest BCUT2D eigenvalue weighted by molar-refractivity contribution is 0.0384. The Hall–Kier alpha value is -2.64. The van der Waals surface area contributed by atoms with Crippen molar-refractivity contribution in [1.29, 1.82) is 0 Å². The molecule has 0 unspecified atom stereocenters. The van der Waals surface area contributed by atoms with Gasteiger partial charge in [0.2, 0.25) is 0 Å². The highest BCUT2D eigenvalue weighted by Gasteiger charge is 2.21. The summed E-state index contributed by atoms with van der Waals surface area (Å²) in [5.74, 6) is 0. The molecule has 0 radical (unpaired) electrons. The van der Waals surface area contributed by atoms with Crippen LogP contribution in [-0.2, 0) is 11.2 Å². The number of amides is 2. The van der Waals surface area contributed by atoms with Crippen molar-refractivity contribution in [1.82, 2.24) is 14.8 Å². The molecule has 0 atom stereocenters. The minimum absolute atomic E-state index is 0.0274. The molecule has 7 nitrogen and oxygen atoms in total. The molecule has 29 heavy (non-hydrogen) atoms. The maximum absolute atomic E-state index is 12.6. The Kier molecular flexibility index (Phi) is 6.59. The average Bonchev–Trinajstić information content (AvgIpc) is 2.80. The molecule has 2 aliphatic rings. The Balaban J connectivity index is 1.22. The van der Waals surface area contributed by atoms with E-state index in [1.165, 1.54) is 5.56 Å². The highest BCUT2D eigenvalue weighted by Crippen LogP contribution is 2.16. The molecule has 1 aromatic carbocycles. The zero-order valence-electron chi connectivity index (χ0n) is 16.8. The predicted molar refractivity (Wildman–Crippen MR) is 114 cm³/mol. The van der Waals surface area contributed by atoms with Crippen molar-refractivity contribution in [2.24, 2.45) is 0 Å². The Bertz CT molecular complexity index is 770. The van der Waals surface area contributed by atoms with Crippen LogP contribution in [0.15, 0.2) is 48.8 Å². The van der Waals surface area contributed by atoms with Gasteiger partial charge in [-0.3, -0.25) is 9.88 Å². The van der Waals surface area contributed by atoms with Crippen LogP contribution in [0.1, 0.15) is 5.56 Å². The number of nitrogens with one attached hydrogen (secondary N) is 1. The van der Waals surface area contributed by atoms with Crippen molar-refractivity contribution in [3.63, 3.8) is 0 Å². The molecule has 3 heterocycles. The summed E-state index contributed by atoms with van der Waals surface area (Å²) >= 11 is 0. The lowest BCUT2D eigenvalue weighted by atomic mass is 10.1. The van der Waals surface area contributed by atoms with Crippen molar-refractivity contribution in [2.45, 2.75) is 6.42 Å². The number of carbonyl (C=O) groups excluding carboxylic acids is 1. The first kappa shape index (κ1) is 19.7. The second-order valence-corrected chi connectivity index (χ2v) is 7.51. The van der Waals surface area contributed by atoms with Crippen molar-refractivity contribution >= 4 is 17.4 Å². The van der Waals surface area contributed by atoms with E-state index in [4.69, 9.17) is 4.74 Å². The highest BCUT2D eigenvalue weighted by molar-refractivity contribution is 5.89. The fraction of sp³-hybridized carbons (Fsp3) is 0.455. The minimum Gasteiger partial charge on any atom is -0.379 e. The minimum atomic E-state index is -0.0274. The molecule has 2 aromatic rings. The van der Waals surface area contributed by atoms with E-state index < -0.39 is 0 Å². The molecule has 1 N–H and O–H groups in total. The molecule has 7 heteroatoms. The van der Waals surface area contributed by atoms with Gasteiger partial charge in [0, 0.05) is 69.6 Å². The summed E-state index contributed by atoms with van der Waals surface area (Å²) in [5, 5.41) is 3.03. The SMILES string of the molecule is O=C(Nc1ccc(CCN2CCOCC2)cc1)N1CCN(c2ccncc2)CC1. The van der Waals surface area contributed by atoms with Crippen LogP contribution in [0.3, 0.4) is 0 Å². The standard InChI is InChI=1S/C22H29N5O2/c28-22(27-13-11-26(12-14-27)21-5-8-23-9-6-21)24-20-3-1-19(2-4-20)7-10-25-15-17-29-18-16-25/h1-6,8-9H,7,10-18H2,(H,24,28). The van der Waals surface area contributed by atoms with Crippen molar-refractivity contribution in [3.05, 3.63) is 54.4 Å². The third-order valence-corrected chi connectivity index (χ3v) is 5.62. The molecule has 2 fully saturated rings. The van der Waals surface area contributed by atoms with E-state index in [2.05, 4.69) is 32.2 Å². The van der Waals surface area contributed by atoms with Crippen LogP contribution in [0.5, 0.6) is 0 Å². The van der Waals surface area contributed by atoms with Crippen molar-refractivity contribution in [3.8, 4) is 0 Å². The number of nitrogens with zero attached hydrogens (tertiary/aromatic N) is 4. The van der Waals surface area contributed by atoms with Crippen LogP contribution in [0, 0.1) is 0 Å². The van der Waals surface area contributed by atoms with Gasteiger partial charge in [0.1, 0.15) is 0 Å². The molecule has 1 aromatic heterocycles. The topological polar surface area (TPSA) is 60.9 Å². The number of benzene rings is 1. The van der Waals surface area contributed by atoms with Gasteiger partial charge in [-0.1, -0.05) is 12.1 Å². The lowest BCUT2D eigenvalue weighted by Crippen LogP contribution is -2.50. The third kappa shape index (κ3) is 5.46. The number of pyridine rings is 1. The number of urea groups is 1. The number of ether oxygens (including phenoxy) is 1. The number of hydrogen-bond acceptors (Lipinski definition) is 5. The largest absolute Gasteiger partial charge is 0.379 e. The summed E-state index contributed by atoms with van der Waals surface area (Å²) in [4.78, 5) is 23.3. The Morgan fingerprint density at radius 3 is 2.31 bits per heavy atom. The van der Waals surface area contributed by atoms with Gasteiger partial charge in [-0.2, -0.15) is 0 Å². The number of hydrogen-bond donors (Lipinski definition) is 1. The van der Waals surface area contributed by atoms with E-state index in [1.807, 2.05) is 29.2 Å². The molecule has 4 rings (SSSR count). The number of aromatic nitrogens is 1. The fourth-order valence-corrected chi connectivity index (χ4v) is 3.79. The molecule has 2 saturated heterocycles. The summed E-state index contributed by atoms with van der Waals surface area (Å²) in [6.07, 6.45) is 4.63. The first-order valence-corrected chi connectivity index (χ1v) is 10.4. The maximum Gasteiger partial charge on any atom is 0.321 e. The number of rotatable bonds is 5. The average molecular weight is 396 g/mol. The second-order valence-electron chi connectivity index (χ2n) is 7.51. The second kappa shape index (κ2) is 9.71. The lowest BCUT2D eigenvalue weighted by Gasteiger charge is -2.36. The molecule has 154 valence electrons. The van der Waals surface area contributed by atoms with Gasteiger partial charge in [0.25, 0.3) is 0 Å². The molecule has 0 spiro atoms. The van der Waals surface area contributed by atoms with Gasteiger partial charge < -0.3 is 19.9 Å². The number of morpholine rings is 1. The quantitative estimate of drug-likeness (QED) is 0.842. The molecule has 2 aliphatic heterocycles. The first-order valence-electron chi connectivity index (χ1n) is 10.4. The molecule has 2 amide bonds. The predicted octanol–water partition coefficient (Wildman–Crippen LogP) is 2.31. The first-order chi connectivity index (χ1) is 14.3. The summed E-state index contributed by atoms with van der Waals surface area (Å²) in [6, 6.07) is 12.2. The van der Waals surface area contributed by atoms with Crippen LogP contribution in [0.2, 0.25) is 0 Å². The zero-order valence-corrected chi connectivity index (χ0v) is 16.8. The number of anilines is 2. The van der Waals surface area contributed by atoms with E-state index in [0.29, 0.717) is 13.1 Å². The van der Waals surface area contributed by atoms with E-state index >= 15 is 0 Å². The molecule has 0 saturated carbocycles. The van der Waals surface area contributed by atoms with Gasteiger partial charge in [-0.05, 0) is 36.2 Å². The van der Waals surface area contributed by atoms with Gasteiger partial charge in [-0.25, -0.2) is 4.79 Å². The van der Waals surface area contributed by atoms with E-state index in [1.54, 1.807) is 12.4 Å². The molecule has 0 aliphatic carbocycles. The van der Waals surface area contributed by atoms with Gasteiger partial charge >= 0.3 is 6.03 Å². The summed E-state index contributed by atoms with van der Waals surface area (Å²) in [7, 11) is 0. The monoisotopic (exact) mass is 395 g/mol. The summed E-state index contributed by atoms with van der Waals surface area (Å²) in [5.41, 5.74) is 3.30. The van der Waals surface area contributed by atoms with Crippen LogP contribution >= 0.6 is 0 Å². The maximum atomic E-state index is 12.6. The van der Waals surface area contributed by atoms with Gasteiger partial charge in [-0.15, -0.1) is 0 Å². The van der Waals surface area contributed by atoms with Crippen LogP contribution in [0.4, 0.5) is 16.2 Å². The zero-order chi connectivity index (χ0) is 19.9. The summed E-state index contributed by atoms with van der Waals surface area (Å²) < 4.78 is 5.39. The Labute approximate surface area is 172 Å². The number of piperazine rings is 1.